The molecule has 0 aliphatic carbocycles. The summed E-state index contributed by atoms with van der Waals surface area (Å²) >= 11 is 0. The lowest BCUT2D eigenvalue weighted by molar-refractivity contribution is 0.760. The highest BCUT2D eigenvalue weighted by molar-refractivity contribution is 5.71. The zero-order valence-corrected chi connectivity index (χ0v) is 16.8. The molecule has 0 fully saturated rings. The molecule has 3 heterocycles. The Morgan fingerprint density at radius 3 is 2.27 bits per heavy atom. The fourth-order valence-corrected chi connectivity index (χ4v) is 3.57. The number of fused-ring (bicyclic) bond motifs is 1. The number of nitrogens with one attached hydrogen (secondary N) is 2. The molecule has 6 heteroatoms. The topological polar surface area (TPSA) is 79.4 Å². The summed E-state index contributed by atoms with van der Waals surface area (Å²) in [5.74, 6) is 0.712. The van der Waals surface area contributed by atoms with Crippen LogP contribution >= 0.6 is 0 Å². The Labute approximate surface area is 173 Å². The van der Waals surface area contributed by atoms with E-state index < -0.39 is 0 Å². The summed E-state index contributed by atoms with van der Waals surface area (Å²) in [6.45, 7) is 4.82. The third kappa shape index (κ3) is 3.43. The largest absolute Gasteiger partial charge is 0.346 e. The second kappa shape index (κ2) is 7.15. The summed E-state index contributed by atoms with van der Waals surface area (Å²) < 4.78 is 1.97. The highest BCUT2D eigenvalue weighted by atomic mass is 16.1. The van der Waals surface area contributed by atoms with Crippen LogP contribution in [0.2, 0.25) is 0 Å². The van der Waals surface area contributed by atoms with Crippen molar-refractivity contribution in [1.82, 2.24) is 24.7 Å². The van der Waals surface area contributed by atoms with Crippen LogP contribution in [0.3, 0.4) is 0 Å². The molecule has 5 rings (SSSR count). The van der Waals surface area contributed by atoms with E-state index in [2.05, 4.69) is 71.5 Å². The van der Waals surface area contributed by atoms with Gasteiger partial charge in [-0.1, -0.05) is 42.5 Å². The molecule has 0 amide bonds. The highest BCUT2D eigenvalue weighted by Gasteiger charge is 2.13. The molecule has 0 unspecified atom stereocenters. The molecule has 3 aromatic rings. The molecule has 2 aromatic carbocycles. The van der Waals surface area contributed by atoms with Gasteiger partial charge in [0.1, 0.15) is 5.69 Å². The van der Waals surface area contributed by atoms with Gasteiger partial charge in [-0.2, -0.15) is 0 Å². The third-order valence-electron chi connectivity index (χ3n) is 5.41. The van der Waals surface area contributed by atoms with Crippen LogP contribution in [0.25, 0.3) is 33.9 Å². The van der Waals surface area contributed by atoms with E-state index in [4.69, 9.17) is 4.98 Å². The summed E-state index contributed by atoms with van der Waals surface area (Å²) in [4.78, 5) is 20.7. The van der Waals surface area contributed by atoms with Crippen molar-refractivity contribution in [2.75, 3.05) is 0 Å². The van der Waals surface area contributed by atoms with Crippen LogP contribution in [-0.4, -0.2) is 24.7 Å². The van der Waals surface area contributed by atoms with Crippen molar-refractivity contribution >= 4 is 0 Å². The Morgan fingerprint density at radius 2 is 1.53 bits per heavy atom. The van der Waals surface area contributed by atoms with Gasteiger partial charge < -0.3 is 9.67 Å². The van der Waals surface area contributed by atoms with Crippen LogP contribution in [0.15, 0.2) is 71.8 Å². The van der Waals surface area contributed by atoms with E-state index in [1.54, 1.807) is 6.07 Å². The van der Waals surface area contributed by atoms with Gasteiger partial charge in [0.15, 0.2) is 5.82 Å². The monoisotopic (exact) mass is 395 g/mol. The molecule has 6 nitrogen and oxygen atoms in total. The number of pyridine rings is 1. The van der Waals surface area contributed by atoms with Crippen molar-refractivity contribution in [3.63, 3.8) is 0 Å². The number of hydrogen-bond donors (Lipinski definition) is 2. The first-order valence-electron chi connectivity index (χ1n) is 9.83. The van der Waals surface area contributed by atoms with Gasteiger partial charge in [-0.05, 0) is 42.2 Å². The van der Waals surface area contributed by atoms with Gasteiger partial charge in [-0.15, -0.1) is 0 Å². The number of aryl methyl sites for hydroxylation is 2. The van der Waals surface area contributed by atoms with Gasteiger partial charge in [-0.3, -0.25) is 9.89 Å². The molecule has 0 radical (unpaired) electrons. The lowest BCUT2D eigenvalue weighted by Gasteiger charge is -2.06. The van der Waals surface area contributed by atoms with Crippen LogP contribution in [0.1, 0.15) is 16.8 Å². The standard InChI is InChI=1S/C24H21N5O/c1-15-3-4-19(11-16(15)2)17-5-7-18(8-6-17)24-25-21-9-10-29(14-22(21)26-24)13-20-12-23(30)28-27-20/h3-12,14H,13H2,1-2H3,(H2,27,28,30). The summed E-state index contributed by atoms with van der Waals surface area (Å²) in [7, 11) is 0. The molecule has 148 valence electrons. The Kier molecular flexibility index (Phi) is 4.32. The maximum Gasteiger partial charge on any atom is 0.264 e. The fraction of sp³-hybridized carbons (Fsp3) is 0.125. The van der Waals surface area contributed by atoms with Crippen molar-refractivity contribution < 1.29 is 0 Å². The number of aromatic nitrogens is 5. The smallest absolute Gasteiger partial charge is 0.264 e. The zero-order valence-electron chi connectivity index (χ0n) is 16.8. The lowest BCUT2D eigenvalue weighted by Crippen LogP contribution is -2.01. The van der Waals surface area contributed by atoms with E-state index in [-0.39, 0.29) is 5.56 Å². The molecule has 0 saturated heterocycles. The average Bonchev–Trinajstić information content (AvgIpc) is 3.36. The van der Waals surface area contributed by atoms with Gasteiger partial charge in [0, 0.05) is 24.0 Å². The van der Waals surface area contributed by atoms with Crippen LogP contribution < -0.4 is 5.56 Å². The lowest BCUT2D eigenvalue weighted by atomic mass is 9.99. The summed E-state index contributed by atoms with van der Waals surface area (Å²) in [5.41, 5.74) is 8.31. The average molecular weight is 395 g/mol. The van der Waals surface area contributed by atoms with E-state index in [1.165, 1.54) is 22.3 Å². The predicted molar refractivity (Wildman–Crippen MR) is 118 cm³/mol. The van der Waals surface area contributed by atoms with Crippen molar-refractivity contribution in [1.29, 1.82) is 0 Å². The molecular weight excluding hydrogens is 374 g/mol. The van der Waals surface area contributed by atoms with Crippen LogP contribution in [0, 0.1) is 13.8 Å². The maximum atomic E-state index is 11.3. The van der Waals surface area contributed by atoms with Crippen LogP contribution in [-0.2, 0) is 6.54 Å². The predicted octanol–water partition coefficient (Wildman–Crippen LogP) is 4.40. The molecule has 2 N–H and O–H groups in total. The van der Waals surface area contributed by atoms with Gasteiger partial charge >= 0.3 is 0 Å². The van der Waals surface area contributed by atoms with E-state index in [0.717, 1.165) is 22.6 Å². The number of nitrogens with zero attached hydrogens (tertiary/aromatic N) is 3. The molecule has 30 heavy (non-hydrogen) atoms. The third-order valence-corrected chi connectivity index (χ3v) is 5.41. The van der Waals surface area contributed by atoms with Crippen molar-refractivity contribution in [3.05, 3.63) is 94.2 Å². The number of imidazole rings is 1. The van der Waals surface area contributed by atoms with Crippen molar-refractivity contribution in [2.24, 2.45) is 0 Å². The molecular formula is C24H21N5O. The Balaban J connectivity index is 1.42. The van der Waals surface area contributed by atoms with Crippen molar-refractivity contribution in [2.45, 2.75) is 20.4 Å². The summed E-state index contributed by atoms with van der Waals surface area (Å²) in [6, 6.07) is 18.4. The first-order chi connectivity index (χ1) is 14.5. The second-order valence-corrected chi connectivity index (χ2v) is 7.60. The van der Waals surface area contributed by atoms with Gasteiger partial charge in [0.25, 0.3) is 5.56 Å². The molecule has 0 saturated carbocycles. The SMILES string of the molecule is Cc1ccc(-c2ccc(-c3nc4ccn(Cc5cc(=O)[nH][nH]5)cc-4n3)cc2)cc1C. The van der Waals surface area contributed by atoms with Gasteiger partial charge in [-0.25, -0.2) is 9.97 Å². The van der Waals surface area contributed by atoms with Gasteiger partial charge in [0.05, 0.1) is 17.9 Å². The Morgan fingerprint density at radius 1 is 0.800 bits per heavy atom. The minimum absolute atomic E-state index is 0.133. The normalized spacial score (nSPS) is 11.3. The quantitative estimate of drug-likeness (QED) is 0.473. The number of aromatic amines is 2. The van der Waals surface area contributed by atoms with E-state index >= 15 is 0 Å². The van der Waals surface area contributed by atoms with E-state index in [9.17, 15) is 4.79 Å². The molecule has 2 aliphatic rings. The first-order valence-corrected chi connectivity index (χ1v) is 9.83. The zero-order chi connectivity index (χ0) is 20.7. The summed E-state index contributed by atoms with van der Waals surface area (Å²) in [6.07, 6.45) is 3.88. The van der Waals surface area contributed by atoms with E-state index in [0.29, 0.717) is 12.4 Å². The first kappa shape index (κ1) is 18.1. The van der Waals surface area contributed by atoms with E-state index in [1.807, 2.05) is 23.0 Å². The fourth-order valence-electron chi connectivity index (χ4n) is 3.57. The minimum atomic E-state index is -0.133. The second-order valence-electron chi connectivity index (χ2n) is 7.60. The number of rotatable bonds is 4. The maximum absolute atomic E-state index is 11.3. The summed E-state index contributed by atoms with van der Waals surface area (Å²) in [5, 5.41) is 5.42. The molecule has 0 spiro atoms. The van der Waals surface area contributed by atoms with Crippen LogP contribution in [0.4, 0.5) is 0 Å². The molecule has 1 aromatic heterocycles. The molecule has 2 aliphatic heterocycles. The highest BCUT2D eigenvalue weighted by Crippen LogP contribution is 2.28. The minimum Gasteiger partial charge on any atom is -0.346 e. The Bertz CT molecular complexity index is 1360. The van der Waals surface area contributed by atoms with Crippen molar-refractivity contribution in [3.8, 4) is 33.9 Å². The van der Waals surface area contributed by atoms with Gasteiger partial charge in [0.2, 0.25) is 0 Å². The number of hydrogen-bond acceptors (Lipinski definition) is 3. The van der Waals surface area contributed by atoms with Crippen LogP contribution in [0.5, 0.6) is 0 Å². The Hall–Kier alpha value is -3.93. The number of H-pyrrole nitrogens is 2. The molecule has 0 bridgehead atoms. The molecule has 0 atom stereocenters. The number of benzene rings is 2.